The Hall–Kier alpha value is -1.88. The van der Waals surface area contributed by atoms with E-state index in [1.807, 2.05) is 25.2 Å². The molecule has 0 saturated heterocycles. The van der Waals surface area contributed by atoms with Crippen molar-refractivity contribution >= 4 is 22.5 Å². The number of aromatic amines is 1. The van der Waals surface area contributed by atoms with Gasteiger partial charge in [-0.25, -0.2) is 0 Å². The van der Waals surface area contributed by atoms with Gasteiger partial charge in [-0.3, -0.25) is 9.89 Å². The number of anilines is 1. The summed E-state index contributed by atoms with van der Waals surface area (Å²) in [6.07, 6.45) is 3.12. The van der Waals surface area contributed by atoms with Crippen LogP contribution in [0, 0.1) is 0 Å². The zero-order valence-corrected chi connectivity index (χ0v) is 9.79. The smallest absolute Gasteiger partial charge is 0.224 e. The van der Waals surface area contributed by atoms with Crippen LogP contribution in [-0.2, 0) is 4.79 Å². The third kappa shape index (κ3) is 3.04. The molecule has 0 aliphatic carbocycles. The van der Waals surface area contributed by atoms with E-state index in [0.29, 0.717) is 6.42 Å². The lowest BCUT2D eigenvalue weighted by Gasteiger charge is -2.05. The zero-order valence-electron chi connectivity index (χ0n) is 9.79. The van der Waals surface area contributed by atoms with Gasteiger partial charge >= 0.3 is 0 Å². The average Bonchev–Trinajstić information content (AvgIpc) is 2.76. The van der Waals surface area contributed by atoms with Gasteiger partial charge in [0.15, 0.2) is 0 Å². The third-order valence-electron chi connectivity index (χ3n) is 2.55. The van der Waals surface area contributed by atoms with Crippen LogP contribution in [0.25, 0.3) is 10.9 Å². The van der Waals surface area contributed by atoms with Gasteiger partial charge in [-0.15, -0.1) is 0 Å². The van der Waals surface area contributed by atoms with Crippen LogP contribution in [-0.4, -0.2) is 29.7 Å². The number of benzene rings is 1. The van der Waals surface area contributed by atoms with E-state index in [1.54, 1.807) is 6.20 Å². The molecule has 0 spiro atoms. The van der Waals surface area contributed by atoms with E-state index in [4.69, 9.17) is 0 Å². The summed E-state index contributed by atoms with van der Waals surface area (Å²) >= 11 is 0. The van der Waals surface area contributed by atoms with Crippen molar-refractivity contribution in [1.29, 1.82) is 0 Å². The maximum Gasteiger partial charge on any atom is 0.224 e. The van der Waals surface area contributed by atoms with Gasteiger partial charge in [-0.05, 0) is 38.2 Å². The summed E-state index contributed by atoms with van der Waals surface area (Å²) in [4.78, 5) is 11.6. The highest BCUT2D eigenvalue weighted by atomic mass is 16.1. The number of H-pyrrole nitrogens is 1. The molecular formula is C12H16N4O. The van der Waals surface area contributed by atoms with E-state index >= 15 is 0 Å². The van der Waals surface area contributed by atoms with Crippen molar-refractivity contribution in [2.45, 2.75) is 12.8 Å². The quantitative estimate of drug-likeness (QED) is 0.684. The summed E-state index contributed by atoms with van der Waals surface area (Å²) in [5.41, 5.74) is 1.78. The van der Waals surface area contributed by atoms with E-state index in [1.165, 1.54) is 0 Å². The Morgan fingerprint density at radius 1 is 1.47 bits per heavy atom. The fourth-order valence-electron chi connectivity index (χ4n) is 1.67. The Bertz CT molecular complexity index is 506. The number of hydrogen-bond acceptors (Lipinski definition) is 3. The average molecular weight is 232 g/mol. The van der Waals surface area contributed by atoms with E-state index in [9.17, 15) is 4.79 Å². The van der Waals surface area contributed by atoms with Crippen LogP contribution in [0.3, 0.4) is 0 Å². The molecule has 0 unspecified atom stereocenters. The first kappa shape index (κ1) is 11.6. The molecule has 2 rings (SSSR count). The predicted octanol–water partition coefficient (Wildman–Crippen LogP) is 1.50. The lowest BCUT2D eigenvalue weighted by atomic mass is 10.2. The zero-order chi connectivity index (χ0) is 12.1. The lowest BCUT2D eigenvalue weighted by Crippen LogP contribution is -2.15. The van der Waals surface area contributed by atoms with Crippen molar-refractivity contribution in [3.05, 3.63) is 24.4 Å². The van der Waals surface area contributed by atoms with Crippen molar-refractivity contribution < 1.29 is 4.79 Å². The highest BCUT2D eigenvalue weighted by Gasteiger charge is 2.03. The molecule has 5 nitrogen and oxygen atoms in total. The van der Waals surface area contributed by atoms with Crippen LogP contribution in [0.15, 0.2) is 24.4 Å². The topological polar surface area (TPSA) is 69.8 Å². The molecule has 0 bridgehead atoms. The first-order valence-electron chi connectivity index (χ1n) is 5.67. The number of rotatable bonds is 5. The molecule has 1 amide bonds. The summed E-state index contributed by atoms with van der Waals surface area (Å²) in [6, 6.07) is 5.69. The van der Waals surface area contributed by atoms with Gasteiger partial charge in [0.05, 0.1) is 11.7 Å². The Kier molecular flexibility index (Phi) is 3.72. The minimum absolute atomic E-state index is 0.0445. The second-order valence-corrected chi connectivity index (χ2v) is 3.93. The van der Waals surface area contributed by atoms with Crippen LogP contribution >= 0.6 is 0 Å². The fraction of sp³-hybridized carbons (Fsp3) is 0.333. The Morgan fingerprint density at radius 2 is 2.35 bits per heavy atom. The van der Waals surface area contributed by atoms with E-state index in [-0.39, 0.29) is 5.91 Å². The van der Waals surface area contributed by atoms with Gasteiger partial charge in [0.25, 0.3) is 0 Å². The molecule has 0 saturated carbocycles. The first-order chi connectivity index (χ1) is 8.29. The summed E-state index contributed by atoms with van der Waals surface area (Å²) in [7, 11) is 1.88. The number of fused-ring (bicyclic) bond motifs is 1. The van der Waals surface area contributed by atoms with Crippen molar-refractivity contribution in [3.8, 4) is 0 Å². The first-order valence-corrected chi connectivity index (χ1v) is 5.67. The molecule has 5 heteroatoms. The number of amides is 1. The van der Waals surface area contributed by atoms with Crippen LogP contribution in [0.4, 0.5) is 5.69 Å². The van der Waals surface area contributed by atoms with Crippen LogP contribution in [0.5, 0.6) is 0 Å². The summed E-state index contributed by atoms with van der Waals surface area (Å²) in [6.45, 7) is 0.855. The number of carbonyl (C=O) groups is 1. The maximum atomic E-state index is 11.6. The van der Waals surface area contributed by atoms with Gasteiger partial charge in [-0.1, -0.05) is 0 Å². The predicted molar refractivity (Wildman–Crippen MR) is 67.9 cm³/mol. The Labute approximate surface area is 99.6 Å². The molecule has 90 valence electrons. The second kappa shape index (κ2) is 5.45. The molecule has 0 atom stereocenters. The SMILES string of the molecule is CNCCCC(=O)Nc1ccc2[nH]ncc2c1. The number of nitrogens with zero attached hydrogens (tertiary/aromatic N) is 1. The lowest BCUT2D eigenvalue weighted by molar-refractivity contribution is -0.116. The standard InChI is InChI=1S/C12H16N4O/c1-13-6-2-3-12(17)15-10-4-5-11-9(7-10)8-14-16-11/h4-5,7-8,13H,2-3,6H2,1H3,(H,14,16)(H,15,17). The highest BCUT2D eigenvalue weighted by Crippen LogP contribution is 2.16. The van der Waals surface area contributed by atoms with Crippen molar-refractivity contribution in [2.75, 3.05) is 18.9 Å². The molecule has 1 aromatic carbocycles. The second-order valence-electron chi connectivity index (χ2n) is 3.93. The minimum atomic E-state index is 0.0445. The molecule has 2 aromatic rings. The highest BCUT2D eigenvalue weighted by molar-refractivity contribution is 5.93. The molecule has 1 aromatic heterocycles. The van der Waals surface area contributed by atoms with Crippen LogP contribution < -0.4 is 10.6 Å². The normalized spacial score (nSPS) is 10.6. The van der Waals surface area contributed by atoms with Gasteiger partial charge in [0.1, 0.15) is 0 Å². The van der Waals surface area contributed by atoms with Gasteiger partial charge in [-0.2, -0.15) is 5.10 Å². The van der Waals surface area contributed by atoms with E-state index in [2.05, 4.69) is 20.8 Å². The third-order valence-corrected chi connectivity index (χ3v) is 2.55. The maximum absolute atomic E-state index is 11.6. The van der Waals surface area contributed by atoms with E-state index in [0.717, 1.165) is 29.6 Å². The molecular weight excluding hydrogens is 216 g/mol. The summed E-state index contributed by atoms with van der Waals surface area (Å²) in [5, 5.41) is 13.7. The minimum Gasteiger partial charge on any atom is -0.326 e. The summed E-state index contributed by atoms with van der Waals surface area (Å²) < 4.78 is 0. The number of hydrogen-bond donors (Lipinski definition) is 3. The van der Waals surface area contributed by atoms with Crippen LogP contribution in [0.2, 0.25) is 0 Å². The molecule has 3 N–H and O–H groups in total. The fourth-order valence-corrected chi connectivity index (χ4v) is 1.67. The Balaban J connectivity index is 1.95. The molecule has 0 fully saturated rings. The monoisotopic (exact) mass is 232 g/mol. The van der Waals surface area contributed by atoms with Crippen molar-refractivity contribution in [3.63, 3.8) is 0 Å². The Morgan fingerprint density at radius 3 is 3.18 bits per heavy atom. The van der Waals surface area contributed by atoms with Crippen LogP contribution in [0.1, 0.15) is 12.8 Å². The number of aromatic nitrogens is 2. The number of carbonyl (C=O) groups excluding carboxylic acids is 1. The molecule has 17 heavy (non-hydrogen) atoms. The van der Waals surface area contributed by atoms with E-state index < -0.39 is 0 Å². The largest absolute Gasteiger partial charge is 0.326 e. The van der Waals surface area contributed by atoms with Gasteiger partial charge in [0.2, 0.25) is 5.91 Å². The molecule has 0 radical (unpaired) electrons. The molecule has 1 heterocycles. The summed E-state index contributed by atoms with van der Waals surface area (Å²) in [5.74, 6) is 0.0445. The number of nitrogens with one attached hydrogen (secondary N) is 3. The molecule has 0 aliphatic rings. The molecule has 0 aliphatic heterocycles. The van der Waals surface area contributed by atoms with Gasteiger partial charge < -0.3 is 10.6 Å². The van der Waals surface area contributed by atoms with Gasteiger partial charge in [0, 0.05) is 17.5 Å². The van der Waals surface area contributed by atoms with Crippen molar-refractivity contribution in [1.82, 2.24) is 15.5 Å². The van der Waals surface area contributed by atoms with Crippen molar-refractivity contribution in [2.24, 2.45) is 0 Å².